The monoisotopic (exact) mass is 238 g/mol. The Hall–Kier alpha value is -1.30. The topological polar surface area (TPSA) is 0 Å². The van der Waals surface area contributed by atoms with Crippen LogP contribution in [-0.4, -0.2) is 0 Å². The Morgan fingerprint density at radius 2 is 1.94 bits per heavy atom. The number of rotatable bonds is 2. The summed E-state index contributed by atoms with van der Waals surface area (Å²) >= 11 is 0. The van der Waals surface area contributed by atoms with E-state index in [1.807, 2.05) is 0 Å². The quantitative estimate of drug-likeness (QED) is 0.674. The summed E-state index contributed by atoms with van der Waals surface area (Å²) in [7, 11) is 0. The van der Waals surface area contributed by atoms with Crippen molar-refractivity contribution in [3.63, 3.8) is 0 Å². The maximum Gasteiger partial charge on any atom is -0.0108 e. The number of benzene rings is 1. The molecule has 0 amide bonds. The summed E-state index contributed by atoms with van der Waals surface area (Å²) in [5.41, 5.74) is 4.84. The van der Waals surface area contributed by atoms with Crippen LogP contribution in [0, 0.1) is 17.3 Å². The maximum atomic E-state index is 2.47. The van der Waals surface area contributed by atoms with Crippen molar-refractivity contribution >= 4 is 5.57 Å². The number of fused-ring (bicyclic) bond motifs is 1. The van der Waals surface area contributed by atoms with Gasteiger partial charge in [0.15, 0.2) is 0 Å². The van der Waals surface area contributed by atoms with Gasteiger partial charge in [-0.1, -0.05) is 56.3 Å². The lowest BCUT2D eigenvalue weighted by molar-refractivity contribution is -0.00325. The van der Waals surface area contributed by atoms with Gasteiger partial charge in [-0.15, -0.1) is 0 Å². The highest BCUT2D eigenvalue weighted by atomic mass is 14.5. The Bertz CT molecular complexity index is 502. The number of hydrogen-bond donors (Lipinski definition) is 0. The molecular formula is C18H22. The zero-order valence-electron chi connectivity index (χ0n) is 11.6. The summed E-state index contributed by atoms with van der Waals surface area (Å²) in [4.78, 5) is 0. The number of hydrogen-bond acceptors (Lipinski definition) is 0. The van der Waals surface area contributed by atoms with E-state index < -0.39 is 0 Å². The lowest BCUT2D eigenvalue weighted by Crippen LogP contribution is -2.47. The molecule has 1 aromatic carbocycles. The first-order valence-corrected chi connectivity index (χ1v) is 7.03. The average Bonchev–Trinajstić information content (AvgIpc) is 2.39. The Morgan fingerprint density at radius 3 is 2.56 bits per heavy atom. The van der Waals surface area contributed by atoms with Gasteiger partial charge >= 0.3 is 0 Å². The van der Waals surface area contributed by atoms with Crippen molar-refractivity contribution < 1.29 is 0 Å². The van der Waals surface area contributed by atoms with E-state index in [0.29, 0.717) is 5.41 Å². The molecule has 0 aliphatic heterocycles. The highest BCUT2D eigenvalue weighted by Gasteiger charge is 2.50. The van der Waals surface area contributed by atoms with Gasteiger partial charge in [-0.2, -0.15) is 0 Å². The standard InChI is InChI=1S/C18H22/c1-13(14-7-5-4-6-8-14)11-15-9-10-16-12-17(15)18(16,2)3/h4-9,11,16-17H,10,12H2,1-3H3/b13-11-. The minimum atomic E-state index is 0.525. The minimum absolute atomic E-state index is 0.525. The summed E-state index contributed by atoms with van der Waals surface area (Å²) in [5, 5.41) is 0. The molecule has 2 unspecified atom stereocenters. The molecule has 94 valence electrons. The molecule has 1 fully saturated rings. The lowest BCUT2D eigenvalue weighted by Gasteiger charge is -2.56. The highest BCUT2D eigenvalue weighted by molar-refractivity contribution is 5.66. The molecule has 1 saturated carbocycles. The van der Waals surface area contributed by atoms with Crippen LogP contribution in [0.2, 0.25) is 0 Å². The van der Waals surface area contributed by atoms with Crippen LogP contribution in [0.5, 0.6) is 0 Å². The molecule has 0 aromatic heterocycles. The fourth-order valence-corrected chi connectivity index (χ4v) is 3.60. The van der Waals surface area contributed by atoms with E-state index >= 15 is 0 Å². The molecule has 0 saturated heterocycles. The van der Waals surface area contributed by atoms with Gasteiger partial charge in [0.05, 0.1) is 0 Å². The Labute approximate surface area is 110 Å². The summed E-state index contributed by atoms with van der Waals surface area (Å²) in [5.74, 6) is 1.71. The van der Waals surface area contributed by atoms with Crippen molar-refractivity contribution in [2.45, 2.75) is 33.6 Å². The van der Waals surface area contributed by atoms with Crippen molar-refractivity contribution in [1.29, 1.82) is 0 Å². The Balaban J connectivity index is 1.87. The molecule has 0 heterocycles. The third-order valence-corrected chi connectivity index (χ3v) is 5.12. The fourth-order valence-electron chi connectivity index (χ4n) is 3.60. The van der Waals surface area contributed by atoms with Crippen LogP contribution in [0.1, 0.15) is 39.2 Å². The van der Waals surface area contributed by atoms with E-state index in [0.717, 1.165) is 11.8 Å². The minimum Gasteiger partial charge on any atom is -0.0807 e. The average molecular weight is 238 g/mol. The Morgan fingerprint density at radius 1 is 1.22 bits per heavy atom. The fraction of sp³-hybridized carbons (Fsp3) is 0.444. The van der Waals surface area contributed by atoms with Crippen molar-refractivity contribution in [1.82, 2.24) is 0 Å². The smallest absolute Gasteiger partial charge is 0.0108 e. The van der Waals surface area contributed by atoms with Crippen molar-refractivity contribution in [3.8, 4) is 0 Å². The first-order chi connectivity index (χ1) is 8.59. The largest absolute Gasteiger partial charge is 0.0807 e. The lowest BCUT2D eigenvalue weighted by atomic mass is 9.49. The summed E-state index contributed by atoms with van der Waals surface area (Å²) in [6, 6.07) is 10.7. The van der Waals surface area contributed by atoms with Gasteiger partial charge in [0.2, 0.25) is 0 Å². The zero-order valence-corrected chi connectivity index (χ0v) is 11.6. The molecule has 1 aromatic rings. The van der Waals surface area contributed by atoms with E-state index in [4.69, 9.17) is 0 Å². The predicted molar refractivity (Wildman–Crippen MR) is 78.2 cm³/mol. The van der Waals surface area contributed by atoms with Crippen LogP contribution in [0.3, 0.4) is 0 Å². The van der Waals surface area contributed by atoms with Gasteiger partial charge in [-0.3, -0.25) is 0 Å². The second-order valence-electron chi connectivity index (χ2n) is 6.44. The number of allylic oxidation sites excluding steroid dienone is 4. The molecule has 0 nitrogen and oxygen atoms in total. The van der Waals surface area contributed by atoms with Gasteiger partial charge in [0.1, 0.15) is 0 Å². The van der Waals surface area contributed by atoms with E-state index in [2.05, 4.69) is 63.3 Å². The normalized spacial score (nSPS) is 29.5. The SMILES string of the molecule is C/C(=C/C1=CCC2CC1C2(C)C)c1ccccc1. The molecule has 2 atom stereocenters. The first kappa shape index (κ1) is 11.8. The predicted octanol–water partition coefficient (Wildman–Crippen LogP) is 5.08. The summed E-state index contributed by atoms with van der Waals surface area (Å²) in [6.45, 7) is 7.10. The van der Waals surface area contributed by atoms with Crippen LogP contribution < -0.4 is 0 Å². The van der Waals surface area contributed by atoms with Gasteiger partial charge in [-0.25, -0.2) is 0 Å². The maximum absolute atomic E-state index is 2.47. The second kappa shape index (κ2) is 4.12. The summed E-state index contributed by atoms with van der Waals surface area (Å²) < 4.78 is 0. The molecule has 0 spiro atoms. The molecule has 4 rings (SSSR count). The molecule has 0 radical (unpaired) electrons. The van der Waals surface area contributed by atoms with E-state index in [9.17, 15) is 0 Å². The molecular weight excluding hydrogens is 216 g/mol. The van der Waals surface area contributed by atoms with Crippen LogP contribution >= 0.6 is 0 Å². The zero-order chi connectivity index (χ0) is 12.8. The van der Waals surface area contributed by atoms with E-state index in [-0.39, 0.29) is 0 Å². The third kappa shape index (κ3) is 1.75. The van der Waals surface area contributed by atoms with E-state index in [1.165, 1.54) is 24.0 Å². The molecule has 3 aliphatic rings. The Kier molecular flexibility index (Phi) is 2.69. The van der Waals surface area contributed by atoms with Crippen molar-refractivity contribution in [3.05, 3.63) is 53.6 Å². The van der Waals surface area contributed by atoms with E-state index in [1.54, 1.807) is 5.57 Å². The third-order valence-electron chi connectivity index (χ3n) is 5.12. The van der Waals surface area contributed by atoms with Crippen LogP contribution in [0.4, 0.5) is 0 Å². The summed E-state index contributed by atoms with van der Waals surface area (Å²) in [6.07, 6.45) is 7.56. The molecule has 3 aliphatic carbocycles. The van der Waals surface area contributed by atoms with Gasteiger partial charge in [0.25, 0.3) is 0 Å². The van der Waals surface area contributed by atoms with Crippen LogP contribution in [0.25, 0.3) is 5.57 Å². The van der Waals surface area contributed by atoms with Gasteiger partial charge < -0.3 is 0 Å². The van der Waals surface area contributed by atoms with Gasteiger partial charge in [0, 0.05) is 0 Å². The van der Waals surface area contributed by atoms with Crippen molar-refractivity contribution in [2.75, 3.05) is 0 Å². The van der Waals surface area contributed by atoms with Crippen molar-refractivity contribution in [2.24, 2.45) is 17.3 Å². The van der Waals surface area contributed by atoms with Crippen LogP contribution in [-0.2, 0) is 0 Å². The molecule has 2 bridgehead atoms. The van der Waals surface area contributed by atoms with Gasteiger partial charge in [-0.05, 0) is 53.7 Å². The molecule has 18 heavy (non-hydrogen) atoms. The highest BCUT2D eigenvalue weighted by Crippen LogP contribution is 2.59. The first-order valence-electron chi connectivity index (χ1n) is 7.03. The van der Waals surface area contributed by atoms with Crippen LogP contribution in [0.15, 0.2) is 48.1 Å². The second-order valence-corrected chi connectivity index (χ2v) is 6.44. The molecule has 0 heteroatoms. The molecule has 0 N–H and O–H groups in total.